The van der Waals surface area contributed by atoms with Crippen LogP contribution in [0, 0.1) is 5.82 Å². The zero-order valence-corrected chi connectivity index (χ0v) is 19.1. The van der Waals surface area contributed by atoms with Crippen molar-refractivity contribution in [3.05, 3.63) is 71.0 Å². The molecular weight excluding hydrogens is 407 g/mol. The molecule has 2 aromatic carbocycles. The molecule has 0 aliphatic rings. The third-order valence-corrected chi connectivity index (χ3v) is 5.41. The van der Waals surface area contributed by atoms with Crippen LogP contribution in [0.1, 0.15) is 91.0 Å². The fourth-order valence-electron chi connectivity index (χ4n) is 3.53. The number of carbonyl (C=O) groups is 2. The molecule has 0 spiro atoms. The molecule has 0 amide bonds. The summed E-state index contributed by atoms with van der Waals surface area (Å²) in [7, 11) is 0. The first kappa shape index (κ1) is 25.6. The summed E-state index contributed by atoms with van der Waals surface area (Å²) in [5, 5.41) is 0. The van der Waals surface area contributed by atoms with Crippen molar-refractivity contribution >= 4 is 11.9 Å². The Hall–Kier alpha value is -2.69. The first-order valence-electron chi connectivity index (χ1n) is 11.8. The van der Waals surface area contributed by atoms with E-state index in [-0.39, 0.29) is 30.0 Å². The number of unbranched alkanes of at least 4 members (excludes halogenated alkanes) is 8. The SMILES string of the molecule is CCCCCCCCCCCOC(=O)c1ccccc1C(=O)OCCc1ccccc1F. The van der Waals surface area contributed by atoms with Crippen molar-refractivity contribution < 1.29 is 23.5 Å². The molecule has 0 fully saturated rings. The topological polar surface area (TPSA) is 52.6 Å². The van der Waals surface area contributed by atoms with E-state index in [0.29, 0.717) is 12.2 Å². The van der Waals surface area contributed by atoms with Gasteiger partial charge in [-0.2, -0.15) is 0 Å². The smallest absolute Gasteiger partial charge is 0.339 e. The van der Waals surface area contributed by atoms with Crippen LogP contribution in [0.3, 0.4) is 0 Å². The van der Waals surface area contributed by atoms with Gasteiger partial charge in [-0.1, -0.05) is 88.6 Å². The second-order valence-electron chi connectivity index (χ2n) is 7.99. The third kappa shape index (κ3) is 9.21. The van der Waals surface area contributed by atoms with E-state index in [1.54, 1.807) is 42.5 Å². The minimum Gasteiger partial charge on any atom is -0.462 e. The van der Waals surface area contributed by atoms with Gasteiger partial charge in [0.05, 0.1) is 24.3 Å². The van der Waals surface area contributed by atoms with E-state index in [1.165, 1.54) is 44.6 Å². The normalized spacial score (nSPS) is 10.7. The largest absolute Gasteiger partial charge is 0.462 e. The number of esters is 2. The van der Waals surface area contributed by atoms with Crippen LogP contribution in [0.15, 0.2) is 48.5 Å². The van der Waals surface area contributed by atoms with Crippen LogP contribution in [0.5, 0.6) is 0 Å². The van der Waals surface area contributed by atoms with Crippen molar-refractivity contribution in [1.29, 1.82) is 0 Å². The van der Waals surface area contributed by atoms with Crippen LogP contribution in [0.2, 0.25) is 0 Å². The molecule has 0 heterocycles. The Morgan fingerprint density at radius 2 is 1.19 bits per heavy atom. The van der Waals surface area contributed by atoms with Gasteiger partial charge in [0.2, 0.25) is 0 Å². The molecule has 5 heteroatoms. The van der Waals surface area contributed by atoms with Gasteiger partial charge in [0.1, 0.15) is 5.82 Å². The Bertz CT molecular complexity index is 834. The van der Waals surface area contributed by atoms with Crippen LogP contribution >= 0.6 is 0 Å². The van der Waals surface area contributed by atoms with E-state index in [2.05, 4.69) is 6.92 Å². The van der Waals surface area contributed by atoms with Crippen molar-refractivity contribution in [2.45, 2.75) is 71.1 Å². The lowest BCUT2D eigenvalue weighted by atomic mass is 10.1. The van der Waals surface area contributed by atoms with Crippen LogP contribution in [-0.4, -0.2) is 25.2 Å². The summed E-state index contributed by atoms with van der Waals surface area (Å²) in [5.74, 6) is -1.47. The van der Waals surface area contributed by atoms with E-state index in [4.69, 9.17) is 9.47 Å². The van der Waals surface area contributed by atoms with Gasteiger partial charge in [0, 0.05) is 6.42 Å². The molecule has 0 atom stereocenters. The standard InChI is InChI=1S/C27H35FO4/c1-2-3-4-5-6-7-8-9-14-20-31-26(29)23-16-11-12-17-24(23)27(30)32-21-19-22-15-10-13-18-25(22)28/h10-13,15-18H,2-9,14,19-21H2,1H3. The second kappa shape index (κ2) is 15.2. The third-order valence-electron chi connectivity index (χ3n) is 5.41. The highest BCUT2D eigenvalue weighted by Crippen LogP contribution is 2.14. The van der Waals surface area contributed by atoms with Gasteiger partial charge in [-0.3, -0.25) is 0 Å². The number of rotatable bonds is 15. The van der Waals surface area contributed by atoms with Crippen molar-refractivity contribution in [2.24, 2.45) is 0 Å². The van der Waals surface area contributed by atoms with Gasteiger partial charge >= 0.3 is 11.9 Å². The van der Waals surface area contributed by atoms with Gasteiger partial charge in [0.25, 0.3) is 0 Å². The summed E-state index contributed by atoms with van der Waals surface area (Å²) in [6.07, 6.45) is 11.0. The number of carbonyl (C=O) groups excluding carboxylic acids is 2. The first-order chi connectivity index (χ1) is 15.6. The molecular formula is C27H35FO4. The van der Waals surface area contributed by atoms with Crippen LogP contribution in [0.4, 0.5) is 4.39 Å². The molecule has 2 rings (SSSR count). The highest BCUT2D eigenvalue weighted by Gasteiger charge is 2.19. The Kier molecular flexibility index (Phi) is 12.1. The zero-order chi connectivity index (χ0) is 23.0. The van der Waals surface area contributed by atoms with Crippen molar-refractivity contribution in [3.8, 4) is 0 Å². The zero-order valence-electron chi connectivity index (χ0n) is 19.1. The molecule has 0 unspecified atom stereocenters. The average molecular weight is 443 g/mol. The molecule has 4 nitrogen and oxygen atoms in total. The Morgan fingerprint density at radius 3 is 1.78 bits per heavy atom. The molecule has 32 heavy (non-hydrogen) atoms. The highest BCUT2D eigenvalue weighted by atomic mass is 19.1. The molecule has 0 aliphatic carbocycles. The fourth-order valence-corrected chi connectivity index (χ4v) is 3.53. The molecule has 0 aromatic heterocycles. The highest BCUT2D eigenvalue weighted by molar-refractivity contribution is 6.03. The predicted octanol–water partition coefficient (Wildman–Crippen LogP) is 6.91. The van der Waals surface area contributed by atoms with Gasteiger partial charge in [0.15, 0.2) is 0 Å². The lowest BCUT2D eigenvalue weighted by Crippen LogP contribution is -2.15. The number of hydrogen-bond acceptors (Lipinski definition) is 4. The summed E-state index contributed by atoms with van der Waals surface area (Å²) in [6.45, 7) is 2.59. The molecule has 0 radical (unpaired) electrons. The predicted molar refractivity (Wildman–Crippen MR) is 124 cm³/mol. The van der Waals surface area contributed by atoms with Crippen molar-refractivity contribution in [3.63, 3.8) is 0 Å². The minimum absolute atomic E-state index is 0.0294. The molecule has 0 saturated carbocycles. The second-order valence-corrected chi connectivity index (χ2v) is 7.99. The average Bonchev–Trinajstić information content (AvgIpc) is 2.81. The summed E-state index contributed by atoms with van der Waals surface area (Å²) in [5.41, 5.74) is 0.839. The molecule has 0 aliphatic heterocycles. The van der Waals surface area contributed by atoms with Crippen LogP contribution in [0.25, 0.3) is 0 Å². The minimum atomic E-state index is -0.614. The quantitative estimate of drug-likeness (QED) is 0.222. The molecule has 174 valence electrons. The van der Waals surface area contributed by atoms with E-state index < -0.39 is 11.9 Å². The van der Waals surface area contributed by atoms with Crippen molar-refractivity contribution in [2.75, 3.05) is 13.2 Å². The van der Waals surface area contributed by atoms with Gasteiger partial charge in [-0.15, -0.1) is 0 Å². The van der Waals surface area contributed by atoms with Crippen LogP contribution in [-0.2, 0) is 15.9 Å². The maximum Gasteiger partial charge on any atom is 0.339 e. The number of halogens is 1. The Labute approximate surface area is 191 Å². The van der Waals surface area contributed by atoms with E-state index in [9.17, 15) is 14.0 Å². The molecule has 0 bridgehead atoms. The van der Waals surface area contributed by atoms with Gasteiger partial charge in [-0.05, 0) is 30.2 Å². The van der Waals surface area contributed by atoms with Crippen LogP contribution < -0.4 is 0 Å². The summed E-state index contributed by atoms with van der Waals surface area (Å²) < 4.78 is 24.3. The number of ether oxygens (including phenoxy) is 2. The van der Waals surface area contributed by atoms with Gasteiger partial charge in [-0.25, -0.2) is 14.0 Å². The summed E-state index contributed by atoms with van der Waals surface area (Å²) in [4.78, 5) is 24.9. The Morgan fingerprint density at radius 1 is 0.688 bits per heavy atom. The fraction of sp³-hybridized carbons (Fsp3) is 0.481. The van der Waals surface area contributed by atoms with E-state index in [0.717, 1.165) is 19.3 Å². The summed E-state index contributed by atoms with van der Waals surface area (Å²) in [6, 6.07) is 12.8. The number of benzene rings is 2. The summed E-state index contributed by atoms with van der Waals surface area (Å²) >= 11 is 0. The number of hydrogen-bond donors (Lipinski definition) is 0. The first-order valence-corrected chi connectivity index (χ1v) is 11.8. The van der Waals surface area contributed by atoms with Crippen molar-refractivity contribution in [1.82, 2.24) is 0 Å². The lowest BCUT2D eigenvalue weighted by molar-refractivity contribution is 0.0455. The maximum absolute atomic E-state index is 13.7. The molecule has 0 saturated heterocycles. The lowest BCUT2D eigenvalue weighted by Gasteiger charge is -2.10. The molecule has 0 N–H and O–H groups in total. The van der Waals surface area contributed by atoms with E-state index in [1.807, 2.05) is 0 Å². The Balaban J connectivity index is 1.71. The molecule has 2 aromatic rings. The van der Waals surface area contributed by atoms with Gasteiger partial charge < -0.3 is 9.47 Å². The van der Waals surface area contributed by atoms with E-state index >= 15 is 0 Å². The monoisotopic (exact) mass is 442 g/mol. The maximum atomic E-state index is 13.7.